The molecule has 1 atom stereocenters. The van der Waals surface area contributed by atoms with Gasteiger partial charge in [-0.1, -0.05) is 74.0 Å². The summed E-state index contributed by atoms with van der Waals surface area (Å²) < 4.78 is 0.681. The topological polar surface area (TPSA) is 0 Å². The summed E-state index contributed by atoms with van der Waals surface area (Å²) in [5, 5.41) is 0. The molecule has 0 aliphatic heterocycles. The Labute approximate surface area is 108 Å². The Morgan fingerprint density at radius 1 is 1.13 bits per heavy atom. The van der Waals surface area contributed by atoms with Crippen molar-refractivity contribution < 1.29 is 0 Å². The first kappa shape index (κ1) is 13.0. The fourth-order valence-electron chi connectivity index (χ4n) is 1.75. The number of alkyl halides is 1. The predicted octanol–water partition coefficient (Wildman–Crippen LogP) is 5.16. The molecule has 0 aliphatic rings. The minimum Gasteiger partial charge on any atom is -0.0774 e. The van der Waals surface area contributed by atoms with Gasteiger partial charge in [-0.2, -0.15) is 0 Å². The van der Waals surface area contributed by atoms with Crippen LogP contribution in [0.1, 0.15) is 48.7 Å². The molecular formula is C14H21I. The monoisotopic (exact) mass is 316 g/mol. The van der Waals surface area contributed by atoms with Crippen molar-refractivity contribution >= 4 is 22.6 Å². The van der Waals surface area contributed by atoms with Gasteiger partial charge in [-0.05, 0) is 29.9 Å². The average molecular weight is 316 g/mol. The number of benzene rings is 1. The van der Waals surface area contributed by atoms with Gasteiger partial charge in [-0.3, -0.25) is 0 Å². The Morgan fingerprint density at radius 2 is 1.73 bits per heavy atom. The molecule has 0 aliphatic carbocycles. The maximum absolute atomic E-state index is 2.54. The first-order valence-corrected chi connectivity index (χ1v) is 7.11. The van der Waals surface area contributed by atoms with Crippen molar-refractivity contribution in [2.24, 2.45) is 5.92 Å². The lowest BCUT2D eigenvalue weighted by Crippen LogP contribution is -1.95. The van der Waals surface area contributed by atoms with Crippen LogP contribution < -0.4 is 0 Å². The van der Waals surface area contributed by atoms with Crippen molar-refractivity contribution in [3.05, 3.63) is 35.4 Å². The Hall–Kier alpha value is -0.0500. The van der Waals surface area contributed by atoms with E-state index in [0.29, 0.717) is 3.92 Å². The lowest BCUT2D eigenvalue weighted by Gasteiger charge is -2.10. The van der Waals surface area contributed by atoms with Gasteiger partial charge in [0.2, 0.25) is 0 Å². The first-order valence-electron chi connectivity index (χ1n) is 5.86. The molecule has 1 aromatic carbocycles. The summed E-state index contributed by atoms with van der Waals surface area (Å²) in [7, 11) is 0. The van der Waals surface area contributed by atoms with Gasteiger partial charge in [-0.15, -0.1) is 0 Å². The van der Waals surface area contributed by atoms with E-state index >= 15 is 0 Å². The fraction of sp³-hybridized carbons (Fsp3) is 0.571. The molecule has 0 saturated heterocycles. The van der Waals surface area contributed by atoms with Gasteiger partial charge in [0.05, 0.1) is 0 Å². The molecule has 1 aromatic rings. The lowest BCUT2D eigenvalue weighted by atomic mass is 10.0. The van der Waals surface area contributed by atoms with E-state index in [-0.39, 0.29) is 0 Å². The van der Waals surface area contributed by atoms with Gasteiger partial charge in [-0.25, -0.2) is 0 Å². The number of hydrogen-bond acceptors (Lipinski definition) is 0. The molecule has 1 heteroatoms. The second kappa shape index (κ2) is 6.51. The molecule has 0 heterocycles. The van der Waals surface area contributed by atoms with Crippen LogP contribution in [0.5, 0.6) is 0 Å². The largest absolute Gasteiger partial charge is 0.0774 e. The van der Waals surface area contributed by atoms with Gasteiger partial charge < -0.3 is 0 Å². The summed E-state index contributed by atoms with van der Waals surface area (Å²) in [6.07, 6.45) is 3.74. The molecule has 1 rings (SSSR count). The molecule has 15 heavy (non-hydrogen) atoms. The SMILES string of the molecule is CCCC(I)c1ccc(CC(C)C)cc1. The van der Waals surface area contributed by atoms with Crippen molar-refractivity contribution in [2.75, 3.05) is 0 Å². The summed E-state index contributed by atoms with van der Waals surface area (Å²) in [5.74, 6) is 0.752. The average Bonchev–Trinajstić information content (AvgIpc) is 2.18. The number of hydrogen-bond donors (Lipinski definition) is 0. The second-order valence-corrected chi connectivity index (χ2v) is 6.10. The summed E-state index contributed by atoms with van der Waals surface area (Å²) in [4.78, 5) is 0. The molecule has 0 nitrogen and oxygen atoms in total. The Morgan fingerprint density at radius 3 is 2.20 bits per heavy atom. The molecular weight excluding hydrogens is 295 g/mol. The van der Waals surface area contributed by atoms with Crippen LogP contribution in [0.4, 0.5) is 0 Å². The van der Waals surface area contributed by atoms with Crippen molar-refractivity contribution in [1.29, 1.82) is 0 Å². The van der Waals surface area contributed by atoms with Crippen LogP contribution in [0.15, 0.2) is 24.3 Å². The van der Waals surface area contributed by atoms with E-state index in [1.54, 1.807) is 0 Å². The van der Waals surface area contributed by atoms with E-state index in [1.807, 2.05) is 0 Å². The van der Waals surface area contributed by atoms with E-state index in [9.17, 15) is 0 Å². The van der Waals surface area contributed by atoms with Crippen molar-refractivity contribution in [1.82, 2.24) is 0 Å². The molecule has 84 valence electrons. The summed E-state index contributed by atoms with van der Waals surface area (Å²) in [6.45, 7) is 6.79. The third-order valence-electron chi connectivity index (χ3n) is 2.53. The molecule has 0 N–H and O–H groups in total. The highest BCUT2D eigenvalue weighted by atomic mass is 127. The normalized spacial score (nSPS) is 13.1. The van der Waals surface area contributed by atoms with Gasteiger partial charge >= 0.3 is 0 Å². The van der Waals surface area contributed by atoms with Gasteiger partial charge in [0.25, 0.3) is 0 Å². The highest BCUT2D eigenvalue weighted by molar-refractivity contribution is 14.1. The fourth-order valence-corrected chi connectivity index (χ4v) is 2.79. The van der Waals surface area contributed by atoms with E-state index in [0.717, 1.165) is 5.92 Å². The zero-order chi connectivity index (χ0) is 11.3. The zero-order valence-corrected chi connectivity index (χ0v) is 12.1. The standard InChI is InChI=1S/C14H21I/c1-4-5-14(15)13-8-6-12(7-9-13)10-11(2)3/h6-9,11,14H,4-5,10H2,1-3H3. The lowest BCUT2D eigenvalue weighted by molar-refractivity contribution is 0.647. The minimum absolute atomic E-state index is 0.681. The smallest absolute Gasteiger partial charge is 0.0359 e. The van der Waals surface area contributed by atoms with Gasteiger partial charge in [0.1, 0.15) is 0 Å². The molecule has 0 saturated carbocycles. The molecule has 0 radical (unpaired) electrons. The van der Waals surface area contributed by atoms with Crippen LogP contribution in [0, 0.1) is 5.92 Å². The summed E-state index contributed by atoms with van der Waals surface area (Å²) in [6, 6.07) is 9.17. The first-order chi connectivity index (χ1) is 7.13. The van der Waals surface area contributed by atoms with Crippen LogP contribution in [0.25, 0.3) is 0 Å². The van der Waals surface area contributed by atoms with Crippen molar-refractivity contribution in [3.8, 4) is 0 Å². The van der Waals surface area contributed by atoms with Crippen LogP contribution in [-0.2, 0) is 6.42 Å². The van der Waals surface area contributed by atoms with Crippen LogP contribution in [-0.4, -0.2) is 0 Å². The van der Waals surface area contributed by atoms with Crippen molar-refractivity contribution in [3.63, 3.8) is 0 Å². The van der Waals surface area contributed by atoms with Crippen molar-refractivity contribution in [2.45, 2.75) is 44.0 Å². The summed E-state index contributed by atoms with van der Waals surface area (Å²) >= 11 is 2.54. The minimum atomic E-state index is 0.681. The molecule has 0 bridgehead atoms. The summed E-state index contributed by atoms with van der Waals surface area (Å²) in [5.41, 5.74) is 2.94. The van der Waals surface area contributed by atoms with E-state index in [4.69, 9.17) is 0 Å². The molecule has 1 unspecified atom stereocenters. The van der Waals surface area contributed by atoms with E-state index in [2.05, 4.69) is 67.6 Å². The van der Waals surface area contributed by atoms with Crippen LogP contribution in [0.3, 0.4) is 0 Å². The van der Waals surface area contributed by atoms with E-state index in [1.165, 1.54) is 30.4 Å². The molecule has 0 fully saturated rings. The predicted molar refractivity (Wildman–Crippen MR) is 76.7 cm³/mol. The Bertz CT molecular complexity index is 274. The number of halogens is 1. The van der Waals surface area contributed by atoms with Crippen LogP contribution >= 0.6 is 22.6 Å². The molecule has 0 amide bonds. The quantitative estimate of drug-likeness (QED) is 0.520. The third-order valence-corrected chi connectivity index (χ3v) is 3.87. The molecule has 0 aromatic heterocycles. The zero-order valence-electron chi connectivity index (χ0n) is 9.96. The maximum Gasteiger partial charge on any atom is 0.0359 e. The Balaban J connectivity index is 2.63. The second-order valence-electron chi connectivity index (χ2n) is 4.60. The van der Waals surface area contributed by atoms with Gasteiger partial charge in [0, 0.05) is 3.92 Å². The number of rotatable bonds is 5. The van der Waals surface area contributed by atoms with Gasteiger partial charge in [0.15, 0.2) is 0 Å². The van der Waals surface area contributed by atoms with E-state index < -0.39 is 0 Å². The highest BCUT2D eigenvalue weighted by Gasteiger charge is 2.05. The third kappa shape index (κ3) is 4.54. The Kier molecular flexibility index (Phi) is 5.65. The molecule has 0 spiro atoms. The highest BCUT2D eigenvalue weighted by Crippen LogP contribution is 2.28. The maximum atomic E-state index is 2.54. The van der Waals surface area contributed by atoms with Crippen LogP contribution in [0.2, 0.25) is 0 Å².